The third-order valence-electron chi connectivity index (χ3n) is 3.12. The molecule has 1 aliphatic rings. The maximum Gasteiger partial charge on any atom is 0.222 e. The molecule has 1 aromatic rings. The van der Waals surface area contributed by atoms with Gasteiger partial charge in [0.1, 0.15) is 5.03 Å². The van der Waals surface area contributed by atoms with E-state index in [4.69, 9.17) is 0 Å². The Morgan fingerprint density at radius 1 is 1.61 bits per heavy atom. The van der Waals surface area contributed by atoms with Crippen molar-refractivity contribution in [1.29, 1.82) is 0 Å². The van der Waals surface area contributed by atoms with Crippen LogP contribution >= 0.6 is 11.8 Å². The summed E-state index contributed by atoms with van der Waals surface area (Å²) >= 11 is 1.57. The lowest BCUT2D eigenvalue weighted by molar-refractivity contribution is -0.130. The Balaban J connectivity index is 2.02. The predicted octanol–water partition coefficient (Wildman–Crippen LogP) is 3.09. The molecule has 0 N–H and O–H groups in total. The van der Waals surface area contributed by atoms with Crippen molar-refractivity contribution in [1.82, 2.24) is 9.88 Å². The molecule has 18 heavy (non-hydrogen) atoms. The Morgan fingerprint density at radius 3 is 3.11 bits per heavy atom. The molecule has 1 amide bonds. The fourth-order valence-corrected chi connectivity index (χ4v) is 3.12. The smallest absolute Gasteiger partial charge is 0.222 e. The van der Waals surface area contributed by atoms with E-state index in [1.807, 2.05) is 30.0 Å². The van der Waals surface area contributed by atoms with E-state index < -0.39 is 0 Å². The number of pyridine rings is 1. The minimum Gasteiger partial charge on any atom is -0.335 e. The highest BCUT2D eigenvalue weighted by molar-refractivity contribution is 8.03. The quantitative estimate of drug-likeness (QED) is 0.782. The van der Waals surface area contributed by atoms with Crippen LogP contribution in [-0.2, 0) is 4.79 Å². The molecule has 0 unspecified atom stereocenters. The third-order valence-corrected chi connectivity index (χ3v) is 4.11. The molecule has 1 saturated heterocycles. The van der Waals surface area contributed by atoms with Gasteiger partial charge in [0, 0.05) is 24.1 Å². The van der Waals surface area contributed by atoms with Crippen LogP contribution in [0, 0.1) is 0 Å². The zero-order valence-corrected chi connectivity index (χ0v) is 11.4. The Morgan fingerprint density at radius 2 is 2.44 bits per heavy atom. The number of hydrogen-bond donors (Lipinski definition) is 0. The summed E-state index contributed by atoms with van der Waals surface area (Å²) < 4.78 is 0. The van der Waals surface area contributed by atoms with Crippen LogP contribution in [0.3, 0.4) is 0 Å². The van der Waals surface area contributed by atoms with Gasteiger partial charge < -0.3 is 4.90 Å². The maximum absolute atomic E-state index is 11.8. The van der Waals surface area contributed by atoms with Crippen molar-refractivity contribution >= 4 is 17.7 Å². The summed E-state index contributed by atoms with van der Waals surface area (Å²) in [6.45, 7) is 6.90. The van der Waals surface area contributed by atoms with Crippen LogP contribution in [0.4, 0.5) is 0 Å². The number of rotatable bonds is 4. The van der Waals surface area contributed by atoms with E-state index in [9.17, 15) is 4.79 Å². The van der Waals surface area contributed by atoms with Crippen molar-refractivity contribution < 1.29 is 4.79 Å². The summed E-state index contributed by atoms with van der Waals surface area (Å²) in [7, 11) is 0. The molecule has 96 valence electrons. The number of likely N-dealkylation sites (tertiary alicyclic amines) is 1. The van der Waals surface area contributed by atoms with E-state index in [2.05, 4.69) is 11.6 Å². The Labute approximate surface area is 112 Å². The summed E-state index contributed by atoms with van der Waals surface area (Å²) in [4.78, 5) is 19.1. The molecule has 1 fully saturated rings. The Kier molecular flexibility index (Phi) is 4.42. The fourth-order valence-electron chi connectivity index (χ4n) is 2.21. The molecular formula is C14H18N2OS. The summed E-state index contributed by atoms with van der Waals surface area (Å²) in [6.07, 6.45) is 4.43. The number of aromatic nitrogens is 1. The van der Waals surface area contributed by atoms with Crippen LogP contribution < -0.4 is 0 Å². The topological polar surface area (TPSA) is 33.2 Å². The standard InChI is InChI=1S/C14H18N2OS/c1-3-14(17)16-10-6-7-12(16)11(2)18-13-8-4-5-9-15-13/h4-5,8-9,12H,2-3,6-7,10H2,1H3/t12-/m0/s1. The molecule has 0 spiro atoms. The number of carbonyl (C=O) groups is 1. The zero-order chi connectivity index (χ0) is 13.0. The molecule has 1 aromatic heterocycles. The van der Waals surface area contributed by atoms with Crippen LogP contribution in [0.25, 0.3) is 0 Å². The van der Waals surface area contributed by atoms with Gasteiger partial charge in [-0.15, -0.1) is 0 Å². The number of hydrogen-bond acceptors (Lipinski definition) is 3. The minimum absolute atomic E-state index is 0.171. The molecule has 1 aliphatic heterocycles. The van der Waals surface area contributed by atoms with Gasteiger partial charge in [0.25, 0.3) is 0 Å². The van der Waals surface area contributed by atoms with Crippen molar-refractivity contribution in [2.24, 2.45) is 0 Å². The van der Waals surface area contributed by atoms with Gasteiger partial charge in [0.05, 0.1) is 6.04 Å². The van der Waals surface area contributed by atoms with Gasteiger partial charge in [0.15, 0.2) is 0 Å². The molecule has 0 bridgehead atoms. The van der Waals surface area contributed by atoms with E-state index in [1.165, 1.54) is 0 Å². The summed E-state index contributed by atoms with van der Waals surface area (Å²) in [6, 6.07) is 6.00. The molecule has 2 rings (SSSR count). The lowest BCUT2D eigenvalue weighted by Gasteiger charge is -2.25. The van der Waals surface area contributed by atoms with Gasteiger partial charge >= 0.3 is 0 Å². The van der Waals surface area contributed by atoms with Crippen molar-refractivity contribution in [3.05, 3.63) is 35.9 Å². The molecule has 1 atom stereocenters. The fraction of sp³-hybridized carbons (Fsp3) is 0.429. The van der Waals surface area contributed by atoms with E-state index in [1.54, 1.807) is 18.0 Å². The second kappa shape index (κ2) is 6.05. The molecule has 4 heteroatoms. The van der Waals surface area contributed by atoms with Crippen molar-refractivity contribution in [3.63, 3.8) is 0 Å². The minimum atomic E-state index is 0.171. The molecule has 0 saturated carbocycles. The zero-order valence-electron chi connectivity index (χ0n) is 10.6. The number of nitrogens with zero attached hydrogens (tertiary/aromatic N) is 2. The average molecular weight is 262 g/mol. The highest BCUT2D eigenvalue weighted by Gasteiger charge is 2.30. The van der Waals surface area contributed by atoms with E-state index in [-0.39, 0.29) is 11.9 Å². The average Bonchev–Trinajstić information content (AvgIpc) is 2.88. The third kappa shape index (κ3) is 2.93. The number of carbonyl (C=O) groups excluding carboxylic acids is 1. The first-order chi connectivity index (χ1) is 8.72. The van der Waals surface area contributed by atoms with E-state index in [0.29, 0.717) is 6.42 Å². The van der Waals surface area contributed by atoms with Gasteiger partial charge in [-0.05, 0) is 25.0 Å². The van der Waals surface area contributed by atoms with Gasteiger partial charge in [-0.25, -0.2) is 4.98 Å². The second-order valence-electron chi connectivity index (χ2n) is 4.34. The van der Waals surface area contributed by atoms with E-state index in [0.717, 1.165) is 29.3 Å². The van der Waals surface area contributed by atoms with Gasteiger partial charge in [0.2, 0.25) is 5.91 Å². The summed E-state index contributed by atoms with van der Waals surface area (Å²) in [5, 5.41) is 0.943. The Hall–Kier alpha value is -1.29. The second-order valence-corrected chi connectivity index (χ2v) is 5.48. The number of amides is 1. The maximum atomic E-state index is 11.8. The summed E-state index contributed by atoms with van der Waals surface area (Å²) in [5.41, 5.74) is 0. The summed E-state index contributed by atoms with van der Waals surface area (Å²) in [5.74, 6) is 0.222. The van der Waals surface area contributed by atoms with Gasteiger partial charge in [-0.2, -0.15) is 0 Å². The molecule has 2 heterocycles. The van der Waals surface area contributed by atoms with Gasteiger partial charge in [-0.3, -0.25) is 4.79 Å². The van der Waals surface area contributed by atoms with E-state index >= 15 is 0 Å². The van der Waals surface area contributed by atoms with Crippen LogP contribution in [-0.4, -0.2) is 28.4 Å². The monoisotopic (exact) mass is 262 g/mol. The first-order valence-corrected chi connectivity index (χ1v) is 7.11. The van der Waals surface area contributed by atoms with Crippen molar-refractivity contribution in [3.8, 4) is 0 Å². The SMILES string of the molecule is C=C(Sc1ccccn1)[C@@H]1CCCN1C(=O)CC. The van der Waals surface area contributed by atoms with Crippen LogP contribution in [0.1, 0.15) is 26.2 Å². The molecule has 0 radical (unpaired) electrons. The number of thioether (sulfide) groups is 1. The molecule has 3 nitrogen and oxygen atoms in total. The normalized spacial score (nSPS) is 18.9. The van der Waals surface area contributed by atoms with Crippen LogP contribution in [0.15, 0.2) is 40.9 Å². The largest absolute Gasteiger partial charge is 0.335 e. The molecule has 0 aliphatic carbocycles. The first kappa shape index (κ1) is 13.1. The Bertz CT molecular complexity index is 433. The lowest BCUT2D eigenvalue weighted by atomic mass is 10.2. The highest BCUT2D eigenvalue weighted by Crippen LogP contribution is 2.33. The lowest BCUT2D eigenvalue weighted by Crippen LogP contribution is -2.35. The highest BCUT2D eigenvalue weighted by atomic mass is 32.2. The van der Waals surface area contributed by atoms with Crippen molar-refractivity contribution in [2.75, 3.05) is 6.54 Å². The van der Waals surface area contributed by atoms with Crippen LogP contribution in [0.5, 0.6) is 0 Å². The molecule has 0 aromatic carbocycles. The van der Waals surface area contributed by atoms with Gasteiger partial charge in [-0.1, -0.05) is 31.3 Å². The molecular weight excluding hydrogens is 244 g/mol. The predicted molar refractivity (Wildman–Crippen MR) is 74.3 cm³/mol. The van der Waals surface area contributed by atoms with Crippen molar-refractivity contribution in [2.45, 2.75) is 37.3 Å². The first-order valence-electron chi connectivity index (χ1n) is 6.29. The van der Waals surface area contributed by atoms with Crippen LogP contribution in [0.2, 0.25) is 0 Å².